The molecule has 0 aromatic rings. The fourth-order valence-corrected chi connectivity index (χ4v) is 2.24. The molecule has 0 aromatic heterocycles. The predicted octanol–water partition coefficient (Wildman–Crippen LogP) is 1.58. The molecule has 0 saturated carbocycles. The quantitative estimate of drug-likeness (QED) is 0.709. The Balaban J connectivity index is 2.56. The lowest BCUT2D eigenvalue weighted by molar-refractivity contribution is -0.129. The van der Waals surface area contributed by atoms with Gasteiger partial charge in [0.1, 0.15) is 6.04 Å². The summed E-state index contributed by atoms with van der Waals surface area (Å²) in [5.41, 5.74) is 2.85. The third-order valence-electron chi connectivity index (χ3n) is 3.65. The van der Waals surface area contributed by atoms with Crippen LogP contribution < -0.4 is 10.7 Å². The smallest absolute Gasteiger partial charge is 0.405 e. The van der Waals surface area contributed by atoms with E-state index in [1.165, 1.54) is 12.8 Å². The Hall–Kier alpha value is -1.30. The van der Waals surface area contributed by atoms with Crippen LogP contribution in [0.4, 0.5) is 4.79 Å². The van der Waals surface area contributed by atoms with E-state index in [4.69, 9.17) is 5.11 Å². The van der Waals surface area contributed by atoms with Crippen molar-refractivity contribution in [1.29, 1.82) is 0 Å². The fraction of sp³-hybridized carbons (Fsp3) is 0.846. The molecule has 1 heterocycles. The summed E-state index contributed by atoms with van der Waals surface area (Å²) in [5, 5.41) is 13.0. The van der Waals surface area contributed by atoms with E-state index in [-0.39, 0.29) is 11.8 Å². The molecule has 0 radical (unpaired) electrons. The molecule has 0 aliphatic carbocycles. The molecule has 1 fully saturated rings. The van der Waals surface area contributed by atoms with E-state index in [9.17, 15) is 9.59 Å². The zero-order valence-corrected chi connectivity index (χ0v) is 11.8. The molecule has 0 aromatic carbocycles. The molecule has 2 amide bonds. The van der Waals surface area contributed by atoms with Crippen LogP contribution in [0.3, 0.4) is 0 Å². The average Bonchev–Trinajstić information content (AvgIpc) is 2.63. The van der Waals surface area contributed by atoms with Crippen molar-refractivity contribution in [2.45, 2.75) is 52.0 Å². The van der Waals surface area contributed by atoms with Gasteiger partial charge in [0, 0.05) is 13.1 Å². The standard InChI is InChI=1S/C13H25N3O3/c1-3-10(2)11(14-13(18)19)12(17)15-16-8-6-4-5-7-9-16/h10-11,14H,3-9H2,1-2H3,(H,15,17)(H,18,19)/t10-,11-/m0/s1. The first-order chi connectivity index (χ1) is 9.04. The van der Waals surface area contributed by atoms with Gasteiger partial charge in [-0.25, -0.2) is 9.80 Å². The molecule has 1 rings (SSSR count). The molecule has 19 heavy (non-hydrogen) atoms. The summed E-state index contributed by atoms with van der Waals surface area (Å²) in [6, 6.07) is -0.689. The zero-order chi connectivity index (χ0) is 14.3. The Morgan fingerprint density at radius 3 is 2.26 bits per heavy atom. The average molecular weight is 271 g/mol. The molecule has 1 aliphatic heterocycles. The number of carboxylic acid groups (broad SMARTS) is 1. The van der Waals surface area contributed by atoms with Crippen molar-refractivity contribution >= 4 is 12.0 Å². The molecular formula is C13H25N3O3. The van der Waals surface area contributed by atoms with Gasteiger partial charge in [-0.1, -0.05) is 33.1 Å². The minimum absolute atomic E-state index is 0.0249. The summed E-state index contributed by atoms with van der Waals surface area (Å²) in [6.07, 6.45) is 4.11. The fourth-order valence-electron chi connectivity index (χ4n) is 2.24. The second kappa shape index (κ2) is 7.99. The highest BCUT2D eigenvalue weighted by Crippen LogP contribution is 2.10. The number of nitrogens with zero attached hydrogens (tertiary/aromatic N) is 1. The maximum atomic E-state index is 12.2. The topological polar surface area (TPSA) is 81.7 Å². The van der Waals surface area contributed by atoms with Crippen LogP contribution in [-0.2, 0) is 4.79 Å². The lowest BCUT2D eigenvalue weighted by Gasteiger charge is -2.27. The third kappa shape index (κ3) is 5.46. The van der Waals surface area contributed by atoms with Crippen molar-refractivity contribution in [1.82, 2.24) is 15.8 Å². The number of hydrogen-bond acceptors (Lipinski definition) is 3. The Morgan fingerprint density at radius 2 is 1.79 bits per heavy atom. The molecule has 110 valence electrons. The van der Waals surface area contributed by atoms with Crippen molar-refractivity contribution in [3.05, 3.63) is 0 Å². The van der Waals surface area contributed by atoms with Crippen molar-refractivity contribution in [3.63, 3.8) is 0 Å². The SMILES string of the molecule is CC[C@H](C)[C@H](NC(=O)O)C(=O)NN1CCCCCC1. The van der Waals surface area contributed by atoms with E-state index in [0.29, 0.717) is 0 Å². The summed E-state index contributed by atoms with van der Waals surface area (Å²) >= 11 is 0. The number of hydrogen-bond donors (Lipinski definition) is 3. The molecule has 1 saturated heterocycles. The normalized spacial score (nSPS) is 20.1. The molecule has 6 nitrogen and oxygen atoms in total. The van der Waals surface area contributed by atoms with Gasteiger partial charge in [-0.3, -0.25) is 10.2 Å². The van der Waals surface area contributed by atoms with Crippen LogP contribution in [0.25, 0.3) is 0 Å². The molecule has 0 bridgehead atoms. The number of carbonyl (C=O) groups excluding carboxylic acids is 1. The first-order valence-electron chi connectivity index (χ1n) is 7.09. The molecular weight excluding hydrogens is 246 g/mol. The van der Waals surface area contributed by atoms with Gasteiger partial charge >= 0.3 is 6.09 Å². The summed E-state index contributed by atoms with van der Waals surface area (Å²) < 4.78 is 0. The molecule has 1 aliphatic rings. The second-order valence-electron chi connectivity index (χ2n) is 5.19. The van der Waals surface area contributed by atoms with Crippen LogP contribution in [0.5, 0.6) is 0 Å². The first kappa shape index (κ1) is 15.8. The largest absolute Gasteiger partial charge is 0.465 e. The van der Waals surface area contributed by atoms with E-state index in [1.54, 1.807) is 0 Å². The Labute approximate surface area is 114 Å². The van der Waals surface area contributed by atoms with Crippen molar-refractivity contribution in [2.75, 3.05) is 13.1 Å². The molecule has 0 spiro atoms. The lowest BCUT2D eigenvalue weighted by Crippen LogP contribution is -2.54. The van der Waals surface area contributed by atoms with Crippen LogP contribution in [0.15, 0.2) is 0 Å². The van der Waals surface area contributed by atoms with E-state index < -0.39 is 12.1 Å². The van der Waals surface area contributed by atoms with Gasteiger partial charge in [-0.05, 0) is 18.8 Å². The maximum absolute atomic E-state index is 12.2. The first-order valence-corrected chi connectivity index (χ1v) is 7.09. The molecule has 6 heteroatoms. The Kier molecular flexibility index (Phi) is 6.62. The van der Waals surface area contributed by atoms with Crippen molar-refractivity contribution in [2.24, 2.45) is 5.92 Å². The lowest BCUT2D eigenvalue weighted by atomic mass is 9.99. The summed E-state index contributed by atoms with van der Waals surface area (Å²) in [6.45, 7) is 5.50. The van der Waals surface area contributed by atoms with Crippen LogP contribution >= 0.6 is 0 Å². The number of nitrogens with one attached hydrogen (secondary N) is 2. The molecule has 3 N–H and O–H groups in total. The zero-order valence-electron chi connectivity index (χ0n) is 11.8. The molecule has 0 unspecified atom stereocenters. The van der Waals surface area contributed by atoms with E-state index in [1.807, 2.05) is 18.9 Å². The minimum Gasteiger partial charge on any atom is -0.465 e. The van der Waals surface area contributed by atoms with Crippen LogP contribution in [-0.4, -0.2) is 41.2 Å². The van der Waals surface area contributed by atoms with E-state index in [0.717, 1.165) is 32.4 Å². The van der Waals surface area contributed by atoms with Gasteiger partial charge in [0.25, 0.3) is 5.91 Å². The highest BCUT2D eigenvalue weighted by molar-refractivity contribution is 5.85. The van der Waals surface area contributed by atoms with Crippen molar-refractivity contribution in [3.8, 4) is 0 Å². The number of rotatable bonds is 5. The third-order valence-corrected chi connectivity index (χ3v) is 3.65. The number of amides is 2. The predicted molar refractivity (Wildman–Crippen MR) is 72.6 cm³/mol. The highest BCUT2D eigenvalue weighted by Gasteiger charge is 2.27. The number of hydrazine groups is 1. The van der Waals surface area contributed by atoms with Crippen LogP contribution in [0.2, 0.25) is 0 Å². The van der Waals surface area contributed by atoms with Crippen LogP contribution in [0.1, 0.15) is 46.0 Å². The van der Waals surface area contributed by atoms with Crippen LogP contribution in [0, 0.1) is 5.92 Å². The Bertz CT molecular complexity index is 302. The minimum atomic E-state index is -1.16. The van der Waals surface area contributed by atoms with E-state index in [2.05, 4.69) is 10.7 Å². The summed E-state index contributed by atoms with van der Waals surface area (Å²) in [5.74, 6) is -0.276. The summed E-state index contributed by atoms with van der Waals surface area (Å²) in [7, 11) is 0. The second-order valence-corrected chi connectivity index (χ2v) is 5.19. The van der Waals surface area contributed by atoms with Gasteiger partial charge in [0.15, 0.2) is 0 Å². The Morgan fingerprint density at radius 1 is 1.21 bits per heavy atom. The van der Waals surface area contributed by atoms with Gasteiger partial charge in [-0.2, -0.15) is 0 Å². The van der Waals surface area contributed by atoms with Gasteiger partial charge < -0.3 is 10.4 Å². The summed E-state index contributed by atoms with van der Waals surface area (Å²) in [4.78, 5) is 23.0. The van der Waals surface area contributed by atoms with Gasteiger partial charge in [-0.15, -0.1) is 0 Å². The van der Waals surface area contributed by atoms with E-state index >= 15 is 0 Å². The van der Waals surface area contributed by atoms with Gasteiger partial charge in [0.2, 0.25) is 0 Å². The van der Waals surface area contributed by atoms with Crippen molar-refractivity contribution < 1.29 is 14.7 Å². The maximum Gasteiger partial charge on any atom is 0.405 e. The highest BCUT2D eigenvalue weighted by atomic mass is 16.4. The number of carbonyl (C=O) groups is 2. The van der Waals surface area contributed by atoms with Gasteiger partial charge in [0.05, 0.1) is 0 Å². The molecule has 2 atom stereocenters. The monoisotopic (exact) mass is 271 g/mol.